The molecule has 1 amide bonds. The van der Waals surface area contributed by atoms with Crippen molar-refractivity contribution in [3.63, 3.8) is 0 Å². The van der Waals surface area contributed by atoms with Gasteiger partial charge in [0.1, 0.15) is 5.54 Å². The summed E-state index contributed by atoms with van der Waals surface area (Å²) in [4.78, 5) is 14.1. The predicted molar refractivity (Wildman–Crippen MR) is 96.8 cm³/mol. The SMILES string of the molecule is Cc1ccc(NC(C)(C)C(=O)N(C)Cc2ccccc2C(F)(F)F)cc1. The maximum atomic E-state index is 13.1. The second-order valence-electron chi connectivity index (χ2n) is 6.93. The molecule has 6 heteroatoms. The highest BCUT2D eigenvalue weighted by Gasteiger charge is 2.35. The highest BCUT2D eigenvalue weighted by molar-refractivity contribution is 5.88. The van der Waals surface area contributed by atoms with Crippen molar-refractivity contribution in [3.8, 4) is 0 Å². The monoisotopic (exact) mass is 364 g/mol. The van der Waals surface area contributed by atoms with Crippen LogP contribution in [0.4, 0.5) is 18.9 Å². The van der Waals surface area contributed by atoms with Gasteiger partial charge in [-0.15, -0.1) is 0 Å². The lowest BCUT2D eigenvalue weighted by atomic mass is 10.0. The Labute approximate surface area is 151 Å². The van der Waals surface area contributed by atoms with Gasteiger partial charge in [-0.2, -0.15) is 13.2 Å². The number of aryl methyl sites for hydroxylation is 1. The van der Waals surface area contributed by atoms with Gasteiger partial charge in [0.2, 0.25) is 5.91 Å². The fourth-order valence-electron chi connectivity index (χ4n) is 2.79. The highest BCUT2D eigenvalue weighted by Crippen LogP contribution is 2.32. The van der Waals surface area contributed by atoms with Crippen LogP contribution in [0.2, 0.25) is 0 Å². The van der Waals surface area contributed by atoms with E-state index in [0.717, 1.165) is 17.3 Å². The van der Waals surface area contributed by atoms with E-state index in [1.165, 1.54) is 24.1 Å². The summed E-state index contributed by atoms with van der Waals surface area (Å²) in [5, 5.41) is 3.14. The van der Waals surface area contributed by atoms with E-state index in [-0.39, 0.29) is 18.0 Å². The predicted octanol–water partition coefficient (Wildman–Crippen LogP) is 4.86. The summed E-state index contributed by atoms with van der Waals surface area (Å²) in [5.41, 5.74) is 0.265. The minimum absolute atomic E-state index is 0.0713. The van der Waals surface area contributed by atoms with Gasteiger partial charge in [0, 0.05) is 19.3 Å². The van der Waals surface area contributed by atoms with E-state index < -0.39 is 17.3 Å². The smallest absolute Gasteiger partial charge is 0.372 e. The number of rotatable bonds is 5. The Morgan fingerprint density at radius 2 is 1.62 bits per heavy atom. The van der Waals surface area contributed by atoms with E-state index in [1.54, 1.807) is 19.9 Å². The molecule has 140 valence electrons. The Kier molecular flexibility index (Phi) is 5.64. The van der Waals surface area contributed by atoms with Gasteiger partial charge in [0.05, 0.1) is 5.56 Å². The zero-order valence-electron chi connectivity index (χ0n) is 15.3. The molecule has 0 aliphatic carbocycles. The summed E-state index contributed by atoms with van der Waals surface area (Å²) in [6, 6.07) is 12.9. The molecular weight excluding hydrogens is 341 g/mol. The van der Waals surface area contributed by atoms with Gasteiger partial charge in [-0.1, -0.05) is 35.9 Å². The van der Waals surface area contributed by atoms with Crippen LogP contribution in [-0.4, -0.2) is 23.4 Å². The normalized spacial score (nSPS) is 12.0. The Morgan fingerprint density at radius 1 is 1.04 bits per heavy atom. The number of carbonyl (C=O) groups is 1. The van der Waals surface area contributed by atoms with Crippen LogP contribution in [0.3, 0.4) is 0 Å². The first-order chi connectivity index (χ1) is 12.0. The first-order valence-electron chi connectivity index (χ1n) is 8.26. The van der Waals surface area contributed by atoms with E-state index in [0.29, 0.717) is 0 Å². The zero-order chi connectivity index (χ0) is 19.5. The Hall–Kier alpha value is -2.50. The average molecular weight is 364 g/mol. The average Bonchev–Trinajstić information content (AvgIpc) is 2.55. The molecule has 0 aliphatic heterocycles. The number of halogens is 3. The van der Waals surface area contributed by atoms with Crippen molar-refractivity contribution in [3.05, 3.63) is 65.2 Å². The van der Waals surface area contributed by atoms with Crippen molar-refractivity contribution in [2.75, 3.05) is 12.4 Å². The highest BCUT2D eigenvalue weighted by atomic mass is 19.4. The second-order valence-corrected chi connectivity index (χ2v) is 6.93. The summed E-state index contributed by atoms with van der Waals surface area (Å²) in [6.45, 7) is 5.27. The minimum atomic E-state index is -4.45. The molecular formula is C20H23F3N2O. The summed E-state index contributed by atoms with van der Waals surface area (Å²) in [7, 11) is 1.51. The van der Waals surface area contributed by atoms with Gasteiger partial charge < -0.3 is 10.2 Å². The molecule has 0 spiro atoms. The third-order valence-corrected chi connectivity index (χ3v) is 4.12. The van der Waals surface area contributed by atoms with Crippen molar-refractivity contribution in [1.82, 2.24) is 4.90 Å². The maximum absolute atomic E-state index is 13.1. The molecule has 0 aliphatic rings. The number of hydrogen-bond acceptors (Lipinski definition) is 2. The molecule has 1 N–H and O–H groups in total. The van der Waals surface area contributed by atoms with Crippen LogP contribution < -0.4 is 5.32 Å². The van der Waals surface area contributed by atoms with Crippen LogP contribution in [-0.2, 0) is 17.5 Å². The standard InChI is InChI=1S/C20H23F3N2O/c1-14-9-11-16(12-10-14)24-19(2,3)18(26)25(4)13-15-7-5-6-8-17(15)20(21,22)23/h5-12,24H,13H2,1-4H3. The first-order valence-corrected chi connectivity index (χ1v) is 8.26. The van der Waals surface area contributed by atoms with Crippen LogP contribution in [0, 0.1) is 6.92 Å². The van der Waals surface area contributed by atoms with Crippen LogP contribution in [0.15, 0.2) is 48.5 Å². The number of hydrogen-bond donors (Lipinski definition) is 1. The number of likely N-dealkylation sites (N-methyl/N-ethyl adjacent to an activating group) is 1. The Bertz CT molecular complexity index is 767. The molecule has 0 aromatic heterocycles. The molecule has 0 bridgehead atoms. The molecule has 0 unspecified atom stereocenters. The number of nitrogens with one attached hydrogen (secondary N) is 1. The summed E-state index contributed by atoms with van der Waals surface area (Å²) in [5.74, 6) is -0.296. The lowest BCUT2D eigenvalue weighted by Gasteiger charge is -2.31. The lowest BCUT2D eigenvalue weighted by molar-refractivity contribution is -0.140. The summed E-state index contributed by atoms with van der Waals surface area (Å²) < 4.78 is 39.4. The second kappa shape index (κ2) is 7.40. The van der Waals surface area contributed by atoms with E-state index in [4.69, 9.17) is 0 Å². The van der Waals surface area contributed by atoms with Crippen molar-refractivity contribution < 1.29 is 18.0 Å². The van der Waals surface area contributed by atoms with E-state index in [2.05, 4.69) is 5.32 Å². The zero-order valence-corrected chi connectivity index (χ0v) is 15.3. The molecule has 0 fully saturated rings. The largest absolute Gasteiger partial charge is 0.416 e. The molecule has 0 saturated heterocycles. The van der Waals surface area contributed by atoms with E-state index >= 15 is 0 Å². The van der Waals surface area contributed by atoms with Gasteiger partial charge in [-0.05, 0) is 44.5 Å². The molecule has 2 aromatic rings. The van der Waals surface area contributed by atoms with Gasteiger partial charge in [0.15, 0.2) is 0 Å². The molecule has 0 heterocycles. The molecule has 0 saturated carbocycles. The van der Waals surface area contributed by atoms with Crippen LogP contribution in [0.1, 0.15) is 30.5 Å². The topological polar surface area (TPSA) is 32.3 Å². The Morgan fingerprint density at radius 3 is 2.19 bits per heavy atom. The molecule has 2 rings (SSSR count). The van der Waals surface area contributed by atoms with E-state index in [1.807, 2.05) is 31.2 Å². The Balaban J connectivity index is 2.15. The maximum Gasteiger partial charge on any atom is 0.416 e. The summed E-state index contributed by atoms with van der Waals surface area (Å²) >= 11 is 0. The minimum Gasteiger partial charge on any atom is -0.372 e. The molecule has 3 nitrogen and oxygen atoms in total. The molecule has 0 atom stereocenters. The van der Waals surface area contributed by atoms with Crippen molar-refractivity contribution >= 4 is 11.6 Å². The van der Waals surface area contributed by atoms with Crippen LogP contribution in [0.25, 0.3) is 0 Å². The van der Waals surface area contributed by atoms with Gasteiger partial charge in [-0.3, -0.25) is 4.79 Å². The van der Waals surface area contributed by atoms with Gasteiger partial charge in [-0.25, -0.2) is 0 Å². The van der Waals surface area contributed by atoms with Gasteiger partial charge in [0.25, 0.3) is 0 Å². The number of anilines is 1. The lowest BCUT2D eigenvalue weighted by Crippen LogP contribution is -2.48. The van der Waals surface area contributed by atoms with E-state index in [9.17, 15) is 18.0 Å². The number of nitrogens with zero attached hydrogens (tertiary/aromatic N) is 1. The number of carbonyl (C=O) groups excluding carboxylic acids is 1. The quantitative estimate of drug-likeness (QED) is 0.821. The van der Waals surface area contributed by atoms with Crippen LogP contribution >= 0.6 is 0 Å². The molecule has 2 aromatic carbocycles. The summed E-state index contributed by atoms with van der Waals surface area (Å²) in [6.07, 6.45) is -4.45. The number of alkyl halides is 3. The van der Waals surface area contributed by atoms with Crippen molar-refractivity contribution in [2.24, 2.45) is 0 Å². The molecule has 26 heavy (non-hydrogen) atoms. The first kappa shape index (κ1) is 19.8. The van der Waals surface area contributed by atoms with Crippen molar-refractivity contribution in [1.29, 1.82) is 0 Å². The third kappa shape index (κ3) is 4.77. The van der Waals surface area contributed by atoms with Crippen molar-refractivity contribution in [2.45, 2.75) is 39.0 Å². The number of benzene rings is 2. The molecule has 0 radical (unpaired) electrons. The fraction of sp³-hybridized carbons (Fsp3) is 0.350. The third-order valence-electron chi connectivity index (χ3n) is 4.12. The van der Waals surface area contributed by atoms with Gasteiger partial charge >= 0.3 is 6.18 Å². The number of amides is 1. The van der Waals surface area contributed by atoms with Crippen LogP contribution in [0.5, 0.6) is 0 Å². The fourth-order valence-corrected chi connectivity index (χ4v) is 2.79.